The highest BCUT2D eigenvalue weighted by Crippen LogP contribution is 2.28. The van der Waals surface area contributed by atoms with Crippen molar-refractivity contribution in [2.45, 2.75) is 32.9 Å². The first-order valence-electron chi connectivity index (χ1n) is 10.2. The SMILES string of the molecule is CCCCn1c(N)c(N(Cc2ccccc2)C(=O)c2cc(Cl)ccc2OC)c(=O)[nH]c1=O. The zero-order valence-electron chi connectivity index (χ0n) is 17.9. The number of halogens is 1. The van der Waals surface area contributed by atoms with Crippen molar-refractivity contribution in [3.8, 4) is 5.75 Å². The smallest absolute Gasteiger partial charge is 0.330 e. The van der Waals surface area contributed by atoms with E-state index in [-0.39, 0.29) is 23.6 Å². The summed E-state index contributed by atoms with van der Waals surface area (Å²) in [5.74, 6) is -0.310. The molecule has 3 N–H and O–H groups in total. The molecule has 1 amide bonds. The molecule has 0 fully saturated rings. The van der Waals surface area contributed by atoms with Crippen LogP contribution in [0.1, 0.15) is 35.7 Å². The van der Waals surface area contributed by atoms with Gasteiger partial charge < -0.3 is 10.5 Å². The Kier molecular flexibility index (Phi) is 7.37. The lowest BCUT2D eigenvalue weighted by Gasteiger charge is -2.25. The molecule has 9 heteroatoms. The summed E-state index contributed by atoms with van der Waals surface area (Å²) in [6, 6.07) is 13.8. The number of H-pyrrole nitrogens is 1. The number of aromatic amines is 1. The number of anilines is 2. The van der Waals surface area contributed by atoms with Gasteiger partial charge in [0.15, 0.2) is 5.69 Å². The van der Waals surface area contributed by atoms with Crippen LogP contribution in [-0.2, 0) is 13.1 Å². The lowest BCUT2D eigenvalue weighted by atomic mass is 10.1. The molecule has 0 atom stereocenters. The maximum absolute atomic E-state index is 13.7. The molecular weight excluding hydrogens is 432 g/mol. The van der Waals surface area contributed by atoms with E-state index in [0.717, 1.165) is 12.0 Å². The van der Waals surface area contributed by atoms with E-state index in [1.807, 2.05) is 37.3 Å². The van der Waals surface area contributed by atoms with Crippen LogP contribution in [0.4, 0.5) is 11.5 Å². The van der Waals surface area contributed by atoms with Crippen LogP contribution < -0.4 is 26.6 Å². The lowest BCUT2D eigenvalue weighted by Crippen LogP contribution is -2.41. The molecule has 0 saturated heterocycles. The van der Waals surface area contributed by atoms with E-state index in [2.05, 4.69) is 4.98 Å². The van der Waals surface area contributed by atoms with Crippen molar-refractivity contribution in [2.75, 3.05) is 17.7 Å². The molecule has 0 bridgehead atoms. The first-order valence-corrected chi connectivity index (χ1v) is 10.6. The molecule has 3 aromatic rings. The van der Waals surface area contributed by atoms with Crippen LogP contribution >= 0.6 is 11.6 Å². The molecule has 0 saturated carbocycles. The number of amides is 1. The van der Waals surface area contributed by atoms with E-state index in [1.54, 1.807) is 12.1 Å². The molecule has 1 aromatic heterocycles. The summed E-state index contributed by atoms with van der Waals surface area (Å²) < 4.78 is 6.61. The maximum atomic E-state index is 13.7. The number of hydrogen-bond acceptors (Lipinski definition) is 5. The fourth-order valence-corrected chi connectivity index (χ4v) is 3.56. The fraction of sp³-hybridized carbons (Fsp3) is 0.261. The summed E-state index contributed by atoms with van der Waals surface area (Å²) in [7, 11) is 1.44. The normalized spacial score (nSPS) is 10.7. The first kappa shape index (κ1) is 23.1. The van der Waals surface area contributed by atoms with Gasteiger partial charge in [0, 0.05) is 11.6 Å². The van der Waals surface area contributed by atoms with Crippen molar-refractivity contribution in [1.82, 2.24) is 9.55 Å². The summed E-state index contributed by atoms with van der Waals surface area (Å²) in [6.07, 6.45) is 1.51. The first-order chi connectivity index (χ1) is 15.4. The second-order valence-electron chi connectivity index (χ2n) is 7.22. The number of ether oxygens (including phenoxy) is 1. The second-order valence-corrected chi connectivity index (χ2v) is 7.66. The third kappa shape index (κ3) is 4.86. The number of nitrogens with two attached hydrogens (primary N) is 1. The Balaban J connectivity index is 2.21. The second kappa shape index (κ2) is 10.2. The number of benzene rings is 2. The summed E-state index contributed by atoms with van der Waals surface area (Å²) in [6.45, 7) is 2.35. The molecule has 168 valence electrons. The zero-order valence-corrected chi connectivity index (χ0v) is 18.7. The number of hydrogen-bond donors (Lipinski definition) is 2. The molecule has 0 aliphatic carbocycles. The van der Waals surface area contributed by atoms with E-state index in [1.165, 1.54) is 22.6 Å². The van der Waals surface area contributed by atoms with Gasteiger partial charge in [-0.2, -0.15) is 0 Å². The molecule has 0 aliphatic heterocycles. The van der Waals surface area contributed by atoms with Gasteiger partial charge in [0.1, 0.15) is 11.6 Å². The van der Waals surface area contributed by atoms with E-state index in [4.69, 9.17) is 22.1 Å². The maximum Gasteiger partial charge on any atom is 0.330 e. The Bertz CT molecular complexity index is 1220. The Morgan fingerprint density at radius 2 is 1.91 bits per heavy atom. The monoisotopic (exact) mass is 456 g/mol. The average molecular weight is 457 g/mol. The molecule has 2 aromatic carbocycles. The number of nitrogens with one attached hydrogen (secondary N) is 1. The standard InChI is InChI=1S/C23H25ClN4O4/c1-3-4-12-27-20(25)19(21(29)26-23(27)31)28(14-15-8-6-5-7-9-15)22(30)17-13-16(24)10-11-18(17)32-2/h5-11,13H,3-4,12,14,25H2,1-2H3,(H,26,29,31). The van der Waals surface area contributed by atoms with Crippen molar-refractivity contribution in [1.29, 1.82) is 0 Å². The van der Waals surface area contributed by atoms with Crippen LogP contribution in [0.25, 0.3) is 0 Å². The highest BCUT2D eigenvalue weighted by atomic mass is 35.5. The van der Waals surface area contributed by atoms with Crippen molar-refractivity contribution >= 4 is 29.0 Å². The minimum atomic E-state index is -0.745. The van der Waals surface area contributed by atoms with E-state index >= 15 is 0 Å². The van der Waals surface area contributed by atoms with Crippen molar-refractivity contribution < 1.29 is 9.53 Å². The van der Waals surface area contributed by atoms with Crippen LogP contribution in [0.3, 0.4) is 0 Å². The summed E-state index contributed by atoms with van der Waals surface area (Å²) >= 11 is 6.13. The van der Waals surface area contributed by atoms with Crippen molar-refractivity contribution in [3.63, 3.8) is 0 Å². The molecule has 1 heterocycles. The highest BCUT2D eigenvalue weighted by molar-refractivity contribution is 6.31. The Labute approximate surface area is 190 Å². The molecule has 0 aliphatic rings. The summed E-state index contributed by atoms with van der Waals surface area (Å²) in [5, 5.41) is 0.337. The van der Waals surface area contributed by atoms with Crippen LogP contribution in [0.15, 0.2) is 58.1 Å². The topological polar surface area (TPSA) is 110 Å². The van der Waals surface area contributed by atoms with Crippen LogP contribution in [0.5, 0.6) is 5.75 Å². The highest BCUT2D eigenvalue weighted by Gasteiger charge is 2.27. The molecule has 8 nitrogen and oxygen atoms in total. The van der Waals surface area contributed by atoms with Gasteiger partial charge in [-0.15, -0.1) is 0 Å². The Hall–Kier alpha value is -3.52. The fourth-order valence-electron chi connectivity index (χ4n) is 3.39. The van der Waals surface area contributed by atoms with Gasteiger partial charge in [-0.25, -0.2) is 4.79 Å². The van der Waals surface area contributed by atoms with E-state index < -0.39 is 17.2 Å². The zero-order chi connectivity index (χ0) is 23.3. The third-order valence-corrected chi connectivity index (χ3v) is 5.27. The molecule has 0 radical (unpaired) electrons. The van der Waals surface area contributed by atoms with Gasteiger partial charge in [0.25, 0.3) is 11.5 Å². The number of carbonyl (C=O) groups is 1. The van der Waals surface area contributed by atoms with Crippen LogP contribution in [-0.4, -0.2) is 22.6 Å². The minimum Gasteiger partial charge on any atom is -0.496 e. The third-order valence-electron chi connectivity index (χ3n) is 5.04. The molecule has 32 heavy (non-hydrogen) atoms. The number of unbranched alkanes of at least 4 members (excludes halogenated alkanes) is 1. The number of methoxy groups -OCH3 is 1. The van der Waals surface area contributed by atoms with Gasteiger partial charge in [-0.05, 0) is 30.2 Å². The van der Waals surface area contributed by atoms with Gasteiger partial charge in [0.05, 0.1) is 19.2 Å². The van der Waals surface area contributed by atoms with Gasteiger partial charge >= 0.3 is 5.69 Å². The number of nitrogen functional groups attached to an aromatic ring is 1. The average Bonchev–Trinajstić information content (AvgIpc) is 2.78. The lowest BCUT2D eigenvalue weighted by molar-refractivity contribution is 0.0981. The minimum absolute atomic E-state index is 0.0502. The van der Waals surface area contributed by atoms with Gasteiger partial charge in [-0.3, -0.25) is 24.0 Å². The van der Waals surface area contributed by atoms with Crippen LogP contribution in [0, 0.1) is 0 Å². The number of nitrogens with zero attached hydrogens (tertiary/aromatic N) is 2. The largest absolute Gasteiger partial charge is 0.496 e. The van der Waals surface area contributed by atoms with E-state index in [9.17, 15) is 14.4 Å². The van der Waals surface area contributed by atoms with E-state index in [0.29, 0.717) is 23.7 Å². The molecular formula is C23H25ClN4O4. The Morgan fingerprint density at radius 1 is 1.19 bits per heavy atom. The number of rotatable bonds is 8. The predicted molar refractivity (Wildman–Crippen MR) is 126 cm³/mol. The number of carbonyl (C=O) groups excluding carboxylic acids is 1. The molecule has 0 unspecified atom stereocenters. The quantitative estimate of drug-likeness (QED) is 0.539. The molecule has 0 spiro atoms. The number of aromatic nitrogens is 2. The van der Waals surface area contributed by atoms with Crippen molar-refractivity contribution in [2.24, 2.45) is 0 Å². The predicted octanol–water partition coefficient (Wildman–Crippen LogP) is 3.43. The molecule has 3 rings (SSSR count). The van der Waals surface area contributed by atoms with Crippen molar-refractivity contribution in [3.05, 3.63) is 85.5 Å². The summed E-state index contributed by atoms with van der Waals surface area (Å²) in [4.78, 5) is 42.5. The van der Waals surface area contributed by atoms with Crippen LogP contribution in [0.2, 0.25) is 5.02 Å². The summed E-state index contributed by atoms with van der Waals surface area (Å²) in [5.41, 5.74) is 5.77. The van der Waals surface area contributed by atoms with Gasteiger partial charge in [-0.1, -0.05) is 55.3 Å². The Morgan fingerprint density at radius 3 is 2.56 bits per heavy atom. The van der Waals surface area contributed by atoms with Gasteiger partial charge in [0.2, 0.25) is 0 Å².